The third kappa shape index (κ3) is 2.39. The number of hydrogen-bond donors (Lipinski definition) is 0. The van der Waals surface area contributed by atoms with E-state index in [2.05, 4.69) is 20.9 Å². The van der Waals surface area contributed by atoms with E-state index in [1.807, 2.05) is 0 Å². The summed E-state index contributed by atoms with van der Waals surface area (Å²) in [5.74, 6) is 0. The first kappa shape index (κ1) is 11.8. The first-order valence-corrected chi connectivity index (χ1v) is 5.73. The fraction of sp³-hybridized carbons (Fsp3) is 0.250. The second kappa shape index (κ2) is 4.98. The number of pyridine rings is 1. The molecule has 74 valence electrons. The maximum atomic E-state index is 12.5. The van der Waals surface area contributed by atoms with Gasteiger partial charge in [-0.05, 0) is 28.7 Å². The molecule has 0 aromatic carbocycles. The number of nitrogens with zero attached hydrogens (tertiary/aromatic N) is 2. The van der Waals surface area contributed by atoms with E-state index in [0.29, 0.717) is 11.0 Å². The summed E-state index contributed by atoms with van der Waals surface area (Å²) in [7, 11) is 0. The van der Waals surface area contributed by atoms with Crippen molar-refractivity contribution >= 4 is 38.5 Å². The maximum Gasteiger partial charge on any atom is 0.265 e. The number of rotatable bonds is 2. The normalized spacial score (nSPS) is 10.3. The molecule has 0 aliphatic rings. The number of halogens is 4. The summed E-state index contributed by atoms with van der Waals surface area (Å²) in [6.45, 7) is 0. The van der Waals surface area contributed by atoms with Crippen molar-refractivity contribution in [3.8, 4) is 6.07 Å². The largest absolute Gasteiger partial charge is 0.265 e. The van der Waals surface area contributed by atoms with E-state index >= 15 is 0 Å². The Kier molecular flexibility index (Phi) is 4.19. The van der Waals surface area contributed by atoms with Crippen molar-refractivity contribution in [2.24, 2.45) is 0 Å². The van der Waals surface area contributed by atoms with Crippen molar-refractivity contribution in [1.82, 2.24) is 4.98 Å². The molecule has 1 aromatic heterocycles. The van der Waals surface area contributed by atoms with E-state index in [1.54, 1.807) is 28.7 Å². The second-order valence-corrected chi connectivity index (χ2v) is 4.05. The van der Waals surface area contributed by atoms with Crippen molar-refractivity contribution in [3.05, 3.63) is 26.6 Å². The van der Waals surface area contributed by atoms with Crippen LogP contribution >= 0.6 is 38.5 Å². The van der Waals surface area contributed by atoms with Crippen LogP contribution in [0.1, 0.15) is 23.4 Å². The number of aromatic nitrogens is 1. The average Bonchev–Trinajstić information content (AvgIpc) is 2.17. The molecule has 0 saturated heterocycles. The van der Waals surface area contributed by atoms with Crippen molar-refractivity contribution in [1.29, 1.82) is 5.26 Å². The molecule has 0 spiro atoms. The Morgan fingerprint density at radius 1 is 1.64 bits per heavy atom. The fourth-order valence-electron chi connectivity index (χ4n) is 0.906. The Hall–Kier alpha value is -0.290. The van der Waals surface area contributed by atoms with Crippen molar-refractivity contribution in [2.45, 2.75) is 11.8 Å². The molecule has 0 bridgehead atoms. The molecule has 14 heavy (non-hydrogen) atoms. The van der Waals surface area contributed by atoms with Crippen molar-refractivity contribution < 1.29 is 8.78 Å². The summed E-state index contributed by atoms with van der Waals surface area (Å²) >= 11 is 4.82. The second-order valence-electron chi connectivity index (χ2n) is 2.41. The third-order valence-electron chi connectivity index (χ3n) is 1.52. The standard InChI is InChI=1S/C8H4BrF2IN2/c9-2-4-1-5(8(10)11)7(12)6(3-13)14-4/h1,8H,2H2. The highest BCUT2D eigenvalue weighted by atomic mass is 127. The minimum Gasteiger partial charge on any atom is -0.240 e. The molecule has 1 rings (SSSR count). The lowest BCUT2D eigenvalue weighted by molar-refractivity contribution is 0.150. The summed E-state index contributed by atoms with van der Waals surface area (Å²) in [6.07, 6.45) is -2.57. The number of alkyl halides is 3. The minimum atomic E-state index is -2.57. The Bertz CT molecular complexity index is 390. The molecular formula is C8H4BrF2IN2. The average molecular weight is 373 g/mol. The van der Waals surface area contributed by atoms with Gasteiger partial charge in [0, 0.05) is 10.9 Å². The highest BCUT2D eigenvalue weighted by molar-refractivity contribution is 14.1. The minimum absolute atomic E-state index is 0.0536. The van der Waals surface area contributed by atoms with Crippen molar-refractivity contribution in [2.75, 3.05) is 0 Å². The van der Waals surface area contributed by atoms with Gasteiger partial charge in [-0.25, -0.2) is 13.8 Å². The molecule has 1 heterocycles. The van der Waals surface area contributed by atoms with Crippen LogP contribution in [0.5, 0.6) is 0 Å². The van der Waals surface area contributed by atoms with Gasteiger partial charge >= 0.3 is 0 Å². The van der Waals surface area contributed by atoms with Crippen LogP contribution in [0.4, 0.5) is 8.78 Å². The Balaban J connectivity index is 3.36. The monoisotopic (exact) mass is 372 g/mol. The molecule has 6 heteroatoms. The Labute approximate surface area is 102 Å². The zero-order valence-corrected chi connectivity index (χ0v) is 10.5. The SMILES string of the molecule is N#Cc1nc(CBr)cc(C(F)F)c1I. The van der Waals surface area contributed by atoms with Gasteiger partial charge in [0.05, 0.1) is 9.26 Å². The summed E-state index contributed by atoms with van der Waals surface area (Å²) in [4.78, 5) is 3.90. The molecule has 0 unspecified atom stereocenters. The zero-order valence-electron chi connectivity index (χ0n) is 6.77. The van der Waals surface area contributed by atoms with Crippen LogP contribution < -0.4 is 0 Å². The molecule has 0 saturated carbocycles. The van der Waals surface area contributed by atoms with Gasteiger partial charge in [-0.15, -0.1) is 0 Å². The molecule has 0 N–H and O–H groups in total. The van der Waals surface area contributed by atoms with Crippen LogP contribution in [0.15, 0.2) is 6.07 Å². The molecule has 0 radical (unpaired) electrons. The molecule has 0 atom stereocenters. The summed E-state index contributed by atoms with van der Waals surface area (Å²) < 4.78 is 25.2. The third-order valence-corrected chi connectivity index (χ3v) is 3.23. The van der Waals surface area contributed by atoms with Crippen LogP contribution in [-0.2, 0) is 5.33 Å². The van der Waals surface area contributed by atoms with E-state index < -0.39 is 6.43 Å². The molecule has 0 amide bonds. The smallest absolute Gasteiger partial charge is 0.240 e. The first-order valence-electron chi connectivity index (χ1n) is 3.53. The van der Waals surface area contributed by atoms with Gasteiger partial charge < -0.3 is 0 Å². The lowest BCUT2D eigenvalue weighted by Crippen LogP contribution is -2.00. The molecule has 0 aliphatic carbocycles. The van der Waals surface area contributed by atoms with Gasteiger partial charge in [0.1, 0.15) is 6.07 Å². The van der Waals surface area contributed by atoms with Gasteiger partial charge in [-0.2, -0.15) is 5.26 Å². The molecule has 0 fully saturated rings. The quantitative estimate of drug-likeness (QED) is 0.589. The molecular weight excluding hydrogens is 369 g/mol. The summed E-state index contributed by atoms with van der Waals surface area (Å²) in [6, 6.07) is 3.10. The van der Waals surface area contributed by atoms with Gasteiger partial charge in [-0.1, -0.05) is 15.9 Å². The van der Waals surface area contributed by atoms with E-state index in [9.17, 15) is 8.78 Å². The Morgan fingerprint density at radius 3 is 2.71 bits per heavy atom. The highest BCUT2D eigenvalue weighted by Crippen LogP contribution is 2.27. The molecule has 1 aromatic rings. The number of hydrogen-bond acceptors (Lipinski definition) is 2. The first-order chi connectivity index (χ1) is 6.60. The predicted molar refractivity (Wildman–Crippen MR) is 59.3 cm³/mol. The van der Waals surface area contributed by atoms with Crippen LogP contribution in [0.3, 0.4) is 0 Å². The lowest BCUT2D eigenvalue weighted by atomic mass is 10.2. The van der Waals surface area contributed by atoms with E-state index in [1.165, 1.54) is 6.07 Å². The van der Waals surface area contributed by atoms with Crippen LogP contribution in [0, 0.1) is 14.9 Å². The molecule has 2 nitrogen and oxygen atoms in total. The maximum absolute atomic E-state index is 12.5. The number of nitriles is 1. The zero-order chi connectivity index (χ0) is 10.7. The van der Waals surface area contributed by atoms with Crippen LogP contribution in [0.25, 0.3) is 0 Å². The van der Waals surface area contributed by atoms with E-state index in [0.717, 1.165) is 0 Å². The Morgan fingerprint density at radius 2 is 2.29 bits per heavy atom. The van der Waals surface area contributed by atoms with Gasteiger partial charge in [0.2, 0.25) is 0 Å². The van der Waals surface area contributed by atoms with E-state index in [-0.39, 0.29) is 14.8 Å². The lowest BCUT2D eigenvalue weighted by Gasteiger charge is -2.06. The van der Waals surface area contributed by atoms with Gasteiger partial charge in [0.15, 0.2) is 5.69 Å². The predicted octanol–water partition coefficient (Wildman–Crippen LogP) is 3.39. The summed E-state index contributed by atoms with van der Waals surface area (Å²) in [5.41, 5.74) is 0.363. The van der Waals surface area contributed by atoms with Crippen LogP contribution in [0.2, 0.25) is 0 Å². The summed E-state index contributed by atoms with van der Waals surface area (Å²) in [5, 5.41) is 9.03. The van der Waals surface area contributed by atoms with Crippen molar-refractivity contribution in [3.63, 3.8) is 0 Å². The van der Waals surface area contributed by atoms with Gasteiger partial charge in [-0.3, -0.25) is 0 Å². The van der Waals surface area contributed by atoms with E-state index in [4.69, 9.17) is 5.26 Å². The fourth-order valence-corrected chi connectivity index (χ4v) is 1.83. The highest BCUT2D eigenvalue weighted by Gasteiger charge is 2.16. The molecule has 0 aliphatic heterocycles. The van der Waals surface area contributed by atoms with Crippen LogP contribution in [-0.4, -0.2) is 4.98 Å². The van der Waals surface area contributed by atoms with Gasteiger partial charge in [0.25, 0.3) is 6.43 Å². The topological polar surface area (TPSA) is 36.7 Å².